The molecule has 2 heterocycles. The van der Waals surface area contributed by atoms with Gasteiger partial charge in [-0.1, -0.05) is 11.6 Å². The largest absolute Gasteiger partial charge is 0.378 e. The number of sulfonamides is 1. The highest BCUT2D eigenvalue weighted by Crippen LogP contribution is 2.31. The Morgan fingerprint density at radius 1 is 1.00 bits per heavy atom. The summed E-state index contributed by atoms with van der Waals surface area (Å²) in [5.41, 5.74) is 2.16. The van der Waals surface area contributed by atoms with E-state index in [-0.39, 0.29) is 10.8 Å². The SMILES string of the molecule is CNS(=O)(=O)c1ccc(N2CCOCC2)c(Nc2ncnc(Nc3ccc(Cl)cc3)n2)c1. The summed E-state index contributed by atoms with van der Waals surface area (Å²) in [6, 6.07) is 12.0. The number of benzene rings is 2. The van der Waals surface area contributed by atoms with E-state index in [1.54, 1.807) is 30.3 Å². The normalized spacial score (nSPS) is 14.2. The van der Waals surface area contributed by atoms with Crippen molar-refractivity contribution in [1.82, 2.24) is 19.7 Å². The second-order valence-corrected chi connectivity index (χ2v) is 9.20. The molecule has 0 saturated carbocycles. The van der Waals surface area contributed by atoms with Crippen molar-refractivity contribution in [1.29, 1.82) is 0 Å². The first-order chi connectivity index (χ1) is 15.4. The summed E-state index contributed by atoms with van der Waals surface area (Å²) in [4.78, 5) is 15.0. The second-order valence-electron chi connectivity index (χ2n) is 6.88. The third-order valence-electron chi connectivity index (χ3n) is 4.82. The van der Waals surface area contributed by atoms with Gasteiger partial charge in [0.25, 0.3) is 0 Å². The number of aromatic nitrogens is 3. The molecule has 2 aromatic carbocycles. The summed E-state index contributed by atoms with van der Waals surface area (Å²) in [5, 5.41) is 6.86. The molecule has 3 aromatic rings. The number of nitrogens with zero attached hydrogens (tertiary/aromatic N) is 4. The van der Waals surface area contributed by atoms with Gasteiger partial charge in [-0.2, -0.15) is 4.98 Å². The molecule has 1 saturated heterocycles. The van der Waals surface area contributed by atoms with E-state index in [0.717, 1.165) is 11.4 Å². The third kappa shape index (κ3) is 5.25. The maximum atomic E-state index is 12.3. The van der Waals surface area contributed by atoms with E-state index in [1.165, 1.54) is 13.4 Å². The van der Waals surface area contributed by atoms with Gasteiger partial charge in [-0.25, -0.2) is 23.1 Å². The Morgan fingerprint density at radius 3 is 2.38 bits per heavy atom. The van der Waals surface area contributed by atoms with E-state index in [9.17, 15) is 8.42 Å². The van der Waals surface area contributed by atoms with Gasteiger partial charge in [-0.05, 0) is 49.5 Å². The number of halogens is 1. The van der Waals surface area contributed by atoms with Crippen molar-refractivity contribution in [2.75, 3.05) is 48.9 Å². The fourth-order valence-electron chi connectivity index (χ4n) is 3.18. The number of nitrogens with one attached hydrogen (secondary N) is 3. The monoisotopic (exact) mass is 475 g/mol. The van der Waals surface area contributed by atoms with Gasteiger partial charge in [0.2, 0.25) is 21.9 Å². The molecule has 1 fully saturated rings. The molecule has 0 spiro atoms. The van der Waals surface area contributed by atoms with Crippen molar-refractivity contribution < 1.29 is 13.2 Å². The molecule has 168 valence electrons. The lowest BCUT2D eigenvalue weighted by molar-refractivity contribution is 0.123. The molecule has 1 aliphatic heterocycles. The first kappa shape index (κ1) is 22.2. The highest BCUT2D eigenvalue weighted by atomic mass is 35.5. The number of rotatable bonds is 7. The topological polar surface area (TPSA) is 121 Å². The van der Waals surface area contributed by atoms with Gasteiger partial charge in [-0.3, -0.25) is 0 Å². The molecule has 1 aliphatic rings. The molecular weight excluding hydrogens is 454 g/mol. The number of ether oxygens (including phenoxy) is 1. The van der Waals surface area contributed by atoms with E-state index in [4.69, 9.17) is 16.3 Å². The predicted molar refractivity (Wildman–Crippen MR) is 124 cm³/mol. The first-order valence-electron chi connectivity index (χ1n) is 9.83. The van der Waals surface area contributed by atoms with Crippen LogP contribution in [0.25, 0.3) is 0 Å². The Bertz CT molecular complexity index is 1190. The average Bonchev–Trinajstić information content (AvgIpc) is 2.81. The van der Waals surface area contributed by atoms with E-state index in [1.807, 2.05) is 12.1 Å². The molecule has 0 unspecified atom stereocenters. The standard InChI is InChI=1S/C20H22ClN7O3S/c1-22-32(29,30)16-6-7-18(28-8-10-31-11-9-28)17(12-16)26-20-24-13-23-19(27-20)25-15-4-2-14(21)3-5-15/h2-7,12-13,22H,8-11H2,1H3,(H2,23,24,25,26,27). The summed E-state index contributed by atoms with van der Waals surface area (Å²) in [5.74, 6) is 0.599. The third-order valence-corrected chi connectivity index (χ3v) is 6.48. The van der Waals surface area contributed by atoms with Gasteiger partial charge in [0, 0.05) is 23.8 Å². The van der Waals surface area contributed by atoms with E-state index in [2.05, 4.69) is 35.2 Å². The Hall–Kier alpha value is -2.99. The van der Waals surface area contributed by atoms with Crippen molar-refractivity contribution in [3.8, 4) is 0 Å². The number of morpholine rings is 1. The Kier molecular flexibility index (Phi) is 6.70. The molecule has 0 atom stereocenters. The maximum absolute atomic E-state index is 12.3. The quantitative estimate of drug-likeness (QED) is 0.473. The molecule has 0 amide bonds. The average molecular weight is 476 g/mol. The lowest BCUT2D eigenvalue weighted by atomic mass is 10.2. The van der Waals surface area contributed by atoms with Crippen LogP contribution < -0.4 is 20.3 Å². The smallest absolute Gasteiger partial charge is 0.240 e. The minimum Gasteiger partial charge on any atom is -0.378 e. The second kappa shape index (κ2) is 9.65. The van der Waals surface area contributed by atoms with Crippen molar-refractivity contribution in [2.24, 2.45) is 0 Å². The van der Waals surface area contributed by atoms with Crippen LogP contribution >= 0.6 is 11.6 Å². The summed E-state index contributed by atoms with van der Waals surface area (Å²) < 4.78 is 32.5. The summed E-state index contributed by atoms with van der Waals surface area (Å²) >= 11 is 5.93. The van der Waals surface area contributed by atoms with E-state index < -0.39 is 10.0 Å². The Balaban J connectivity index is 1.64. The molecule has 0 aliphatic carbocycles. The molecular formula is C20H22ClN7O3S. The Labute approximate surface area is 191 Å². The molecule has 3 N–H and O–H groups in total. The van der Waals surface area contributed by atoms with Crippen LogP contribution in [-0.4, -0.2) is 56.7 Å². The van der Waals surface area contributed by atoms with Gasteiger partial charge in [0.05, 0.1) is 29.5 Å². The van der Waals surface area contributed by atoms with Crippen LogP contribution in [-0.2, 0) is 14.8 Å². The predicted octanol–water partition coefficient (Wildman–Crippen LogP) is 2.76. The number of hydrogen-bond donors (Lipinski definition) is 3. The maximum Gasteiger partial charge on any atom is 0.240 e. The summed E-state index contributed by atoms with van der Waals surface area (Å²) in [6.45, 7) is 2.56. The van der Waals surface area contributed by atoms with Crippen molar-refractivity contribution in [2.45, 2.75) is 4.90 Å². The van der Waals surface area contributed by atoms with Gasteiger partial charge in [0.1, 0.15) is 6.33 Å². The van der Waals surface area contributed by atoms with Crippen LogP contribution in [0.5, 0.6) is 0 Å². The van der Waals surface area contributed by atoms with Crippen molar-refractivity contribution in [3.05, 3.63) is 53.8 Å². The van der Waals surface area contributed by atoms with Gasteiger partial charge in [0.15, 0.2) is 0 Å². The zero-order chi connectivity index (χ0) is 22.6. The van der Waals surface area contributed by atoms with Crippen LogP contribution in [0, 0.1) is 0 Å². The van der Waals surface area contributed by atoms with Gasteiger partial charge >= 0.3 is 0 Å². The fraction of sp³-hybridized carbons (Fsp3) is 0.250. The minimum absolute atomic E-state index is 0.132. The first-order valence-corrected chi connectivity index (χ1v) is 11.7. The van der Waals surface area contributed by atoms with Crippen LogP contribution in [0.15, 0.2) is 53.7 Å². The van der Waals surface area contributed by atoms with Crippen LogP contribution in [0.1, 0.15) is 0 Å². The van der Waals surface area contributed by atoms with Crippen molar-refractivity contribution in [3.63, 3.8) is 0 Å². The molecule has 10 nitrogen and oxygen atoms in total. The highest BCUT2D eigenvalue weighted by molar-refractivity contribution is 7.89. The van der Waals surface area contributed by atoms with Crippen LogP contribution in [0.2, 0.25) is 5.02 Å². The summed E-state index contributed by atoms with van der Waals surface area (Å²) in [6.07, 6.45) is 1.37. The molecule has 0 bridgehead atoms. The minimum atomic E-state index is -3.62. The lowest BCUT2D eigenvalue weighted by Crippen LogP contribution is -2.36. The molecule has 1 aromatic heterocycles. The number of anilines is 5. The highest BCUT2D eigenvalue weighted by Gasteiger charge is 2.19. The molecule has 32 heavy (non-hydrogen) atoms. The molecule has 0 radical (unpaired) electrons. The lowest BCUT2D eigenvalue weighted by Gasteiger charge is -2.30. The summed E-state index contributed by atoms with van der Waals surface area (Å²) in [7, 11) is -2.25. The van der Waals surface area contributed by atoms with E-state index in [0.29, 0.717) is 43.0 Å². The van der Waals surface area contributed by atoms with Gasteiger partial charge in [-0.15, -0.1) is 0 Å². The zero-order valence-corrected chi connectivity index (χ0v) is 18.8. The van der Waals surface area contributed by atoms with Crippen LogP contribution in [0.3, 0.4) is 0 Å². The molecule has 12 heteroatoms. The number of hydrogen-bond acceptors (Lipinski definition) is 9. The van der Waals surface area contributed by atoms with Crippen molar-refractivity contribution >= 4 is 50.6 Å². The zero-order valence-electron chi connectivity index (χ0n) is 17.2. The fourth-order valence-corrected chi connectivity index (χ4v) is 4.06. The van der Waals surface area contributed by atoms with Gasteiger partial charge < -0.3 is 20.3 Å². The van der Waals surface area contributed by atoms with E-state index >= 15 is 0 Å². The van der Waals surface area contributed by atoms with Crippen LogP contribution in [0.4, 0.5) is 29.0 Å². The Morgan fingerprint density at radius 2 is 1.69 bits per heavy atom. The molecule has 4 rings (SSSR count).